The summed E-state index contributed by atoms with van der Waals surface area (Å²) in [5, 5.41) is 2.89. The van der Waals surface area contributed by atoms with Gasteiger partial charge in [0, 0.05) is 32.1 Å². The predicted octanol–water partition coefficient (Wildman–Crippen LogP) is 2.82. The highest BCUT2D eigenvalue weighted by molar-refractivity contribution is 5.95. The molecule has 0 saturated heterocycles. The van der Waals surface area contributed by atoms with E-state index in [1.165, 1.54) is 0 Å². The fourth-order valence-corrected chi connectivity index (χ4v) is 2.71. The molecular formula is C21H26N2O3. The van der Waals surface area contributed by atoms with Gasteiger partial charge in [-0.1, -0.05) is 30.3 Å². The van der Waals surface area contributed by atoms with Crippen LogP contribution < -0.4 is 10.1 Å². The Bertz CT molecular complexity index is 741. The van der Waals surface area contributed by atoms with E-state index in [-0.39, 0.29) is 11.8 Å². The first-order chi connectivity index (χ1) is 12.5. The normalized spacial score (nSPS) is 10.3. The Morgan fingerprint density at radius 2 is 1.73 bits per heavy atom. The number of rotatable bonds is 8. The quantitative estimate of drug-likeness (QED) is 0.793. The molecule has 0 aliphatic heterocycles. The maximum Gasteiger partial charge on any atom is 0.251 e. The van der Waals surface area contributed by atoms with Crippen molar-refractivity contribution in [2.24, 2.45) is 0 Å². The number of benzene rings is 2. The molecule has 0 aliphatic rings. The smallest absolute Gasteiger partial charge is 0.251 e. The predicted molar refractivity (Wildman–Crippen MR) is 102 cm³/mol. The topological polar surface area (TPSA) is 58.6 Å². The van der Waals surface area contributed by atoms with Crippen molar-refractivity contribution < 1.29 is 14.3 Å². The summed E-state index contributed by atoms with van der Waals surface area (Å²) in [5.74, 6) is 0.710. The number of hydrogen-bond acceptors (Lipinski definition) is 3. The number of nitrogens with one attached hydrogen (secondary N) is 1. The Morgan fingerprint density at radius 3 is 2.35 bits per heavy atom. The van der Waals surface area contributed by atoms with Crippen molar-refractivity contribution in [1.29, 1.82) is 0 Å². The largest absolute Gasteiger partial charge is 0.497 e. The summed E-state index contributed by atoms with van der Waals surface area (Å²) in [4.78, 5) is 25.8. The van der Waals surface area contributed by atoms with Crippen molar-refractivity contribution in [3.63, 3.8) is 0 Å². The van der Waals surface area contributed by atoms with Crippen molar-refractivity contribution in [2.75, 3.05) is 26.7 Å². The second kappa shape index (κ2) is 9.61. The number of carbonyl (C=O) groups excluding carboxylic acids is 2. The van der Waals surface area contributed by atoms with E-state index in [0.29, 0.717) is 25.2 Å². The zero-order chi connectivity index (χ0) is 18.9. The third-order valence-corrected chi connectivity index (χ3v) is 4.33. The van der Waals surface area contributed by atoms with Gasteiger partial charge in [-0.25, -0.2) is 0 Å². The fourth-order valence-electron chi connectivity index (χ4n) is 2.71. The van der Waals surface area contributed by atoms with E-state index in [0.717, 1.165) is 23.3 Å². The Hall–Kier alpha value is -2.82. The van der Waals surface area contributed by atoms with Crippen LogP contribution >= 0.6 is 0 Å². The van der Waals surface area contributed by atoms with Crippen LogP contribution in [0.2, 0.25) is 0 Å². The fraction of sp³-hybridized carbons (Fsp3) is 0.333. The van der Waals surface area contributed by atoms with E-state index in [1.54, 1.807) is 25.0 Å². The summed E-state index contributed by atoms with van der Waals surface area (Å²) in [6, 6.07) is 15.3. The number of ether oxygens (including phenoxy) is 1. The second-order valence-corrected chi connectivity index (χ2v) is 6.17. The summed E-state index contributed by atoms with van der Waals surface area (Å²) in [5.41, 5.74) is 2.74. The van der Waals surface area contributed by atoms with Crippen LogP contribution in [0, 0.1) is 6.92 Å². The Morgan fingerprint density at radius 1 is 1.04 bits per heavy atom. The van der Waals surface area contributed by atoms with Crippen LogP contribution in [0.4, 0.5) is 0 Å². The highest BCUT2D eigenvalue weighted by Gasteiger charge is 2.11. The zero-order valence-electron chi connectivity index (χ0n) is 15.6. The van der Waals surface area contributed by atoms with E-state index in [2.05, 4.69) is 5.32 Å². The van der Waals surface area contributed by atoms with Crippen molar-refractivity contribution in [1.82, 2.24) is 10.2 Å². The lowest BCUT2D eigenvalue weighted by Crippen LogP contribution is -2.38. The van der Waals surface area contributed by atoms with Gasteiger partial charge in [-0.15, -0.1) is 0 Å². The minimum absolute atomic E-state index is 0.00338. The van der Waals surface area contributed by atoms with Gasteiger partial charge in [-0.3, -0.25) is 9.59 Å². The summed E-state index contributed by atoms with van der Waals surface area (Å²) in [7, 11) is 1.64. The molecule has 1 N–H and O–H groups in total. The minimum atomic E-state index is -0.109. The van der Waals surface area contributed by atoms with E-state index in [9.17, 15) is 9.59 Å². The van der Waals surface area contributed by atoms with Crippen LogP contribution in [-0.2, 0) is 11.2 Å². The molecule has 0 aromatic heterocycles. The SMILES string of the molecule is COc1ccc(CCN(CCNC(=O)c2ccccc2C)C(C)=O)cc1. The monoisotopic (exact) mass is 354 g/mol. The van der Waals surface area contributed by atoms with Crippen LogP contribution in [-0.4, -0.2) is 43.5 Å². The molecule has 2 amide bonds. The lowest BCUT2D eigenvalue weighted by molar-refractivity contribution is -0.128. The molecule has 2 aromatic rings. The molecule has 0 heterocycles. The molecule has 5 heteroatoms. The highest BCUT2D eigenvalue weighted by atomic mass is 16.5. The number of carbonyl (C=O) groups is 2. The van der Waals surface area contributed by atoms with Crippen molar-refractivity contribution in [3.8, 4) is 5.75 Å². The Labute approximate surface area is 155 Å². The highest BCUT2D eigenvalue weighted by Crippen LogP contribution is 2.12. The molecule has 5 nitrogen and oxygen atoms in total. The molecule has 0 atom stereocenters. The van der Waals surface area contributed by atoms with Gasteiger partial charge in [0.05, 0.1) is 7.11 Å². The third kappa shape index (κ3) is 5.62. The van der Waals surface area contributed by atoms with Crippen LogP contribution in [0.5, 0.6) is 5.75 Å². The molecule has 138 valence electrons. The zero-order valence-corrected chi connectivity index (χ0v) is 15.6. The average Bonchev–Trinajstić information content (AvgIpc) is 2.64. The summed E-state index contributed by atoms with van der Waals surface area (Å²) < 4.78 is 5.15. The average molecular weight is 354 g/mol. The summed E-state index contributed by atoms with van der Waals surface area (Å²) in [6.07, 6.45) is 0.759. The number of methoxy groups -OCH3 is 1. The van der Waals surface area contributed by atoms with Gasteiger partial charge in [-0.2, -0.15) is 0 Å². The number of nitrogens with zero attached hydrogens (tertiary/aromatic N) is 1. The lowest BCUT2D eigenvalue weighted by atomic mass is 10.1. The molecule has 0 saturated carbocycles. The first-order valence-corrected chi connectivity index (χ1v) is 8.73. The number of aryl methyl sites for hydroxylation is 1. The first kappa shape index (κ1) is 19.5. The van der Waals surface area contributed by atoms with Crippen LogP contribution in [0.1, 0.15) is 28.4 Å². The molecule has 0 aliphatic carbocycles. The van der Waals surface area contributed by atoms with Gasteiger partial charge >= 0.3 is 0 Å². The number of amides is 2. The van der Waals surface area contributed by atoms with Crippen LogP contribution in [0.15, 0.2) is 48.5 Å². The van der Waals surface area contributed by atoms with Gasteiger partial charge in [0.25, 0.3) is 5.91 Å². The van der Waals surface area contributed by atoms with Crippen LogP contribution in [0.3, 0.4) is 0 Å². The van der Waals surface area contributed by atoms with Gasteiger partial charge in [-0.05, 0) is 42.7 Å². The van der Waals surface area contributed by atoms with E-state index < -0.39 is 0 Å². The molecule has 0 unspecified atom stereocenters. The minimum Gasteiger partial charge on any atom is -0.497 e. The molecule has 26 heavy (non-hydrogen) atoms. The van der Waals surface area contributed by atoms with Crippen molar-refractivity contribution in [3.05, 3.63) is 65.2 Å². The molecular weight excluding hydrogens is 328 g/mol. The standard InChI is InChI=1S/C21H26N2O3/c1-16-6-4-5-7-20(16)21(25)22-13-15-23(17(2)24)14-12-18-8-10-19(26-3)11-9-18/h4-11H,12-15H2,1-3H3,(H,22,25). The molecule has 0 radical (unpaired) electrons. The Balaban J connectivity index is 1.83. The van der Waals surface area contributed by atoms with Crippen LogP contribution in [0.25, 0.3) is 0 Å². The summed E-state index contributed by atoms with van der Waals surface area (Å²) in [6.45, 7) is 4.99. The molecule has 2 aromatic carbocycles. The molecule has 2 rings (SSSR count). The van der Waals surface area contributed by atoms with Crippen molar-refractivity contribution in [2.45, 2.75) is 20.3 Å². The van der Waals surface area contributed by atoms with Gasteiger partial charge in [0.15, 0.2) is 0 Å². The van der Waals surface area contributed by atoms with Crippen molar-refractivity contribution >= 4 is 11.8 Å². The summed E-state index contributed by atoms with van der Waals surface area (Å²) >= 11 is 0. The lowest BCUT2D eigenvalue weighted by Gasteiger charge is -2.21. The third-order valence-electron chi connectivity index (χ3n) is 4.33. The van der Waals surface area contributed by atoms with E-state index >= 15 is 0 Å². The van der Waals surface area contributed by atoms with Gasteiger partial charge in [0.1, 0.15) is 5.75 Å². The molecule has 0 spiro atoms. The van der Waals surface area contributed by atoms with Gasteiger partial charge < -0.3 is 15.0 Å². The first-order valence-electron chi connectivity index (χ1n) is 8.73. The number of hydrogen-bond donors (Lipinski definition) is 1. The maximum absolute atomic E-state index is 12.2. The van der Waals surface area contributed by atoms with E-state index in [1.807, 2.05) is 49.4 Å². The van der Waals surface area contributed by atoms with E-state index in [4.69, 9.17) is 4.74 Å². The maximum atomic E-state index is 12.2. The second-order valence-electron chi connectivity index (χ2n) is 6.17. The molecule has 0 fully saturated rings. The Kier molecular flexibility index (Phi) is 7.21. The van der Waals surface area contributed by atoms with Gasteiger partial charge in [0.2, 0.25) is 5.91 Å². The molecule has 0 bridgehead atoms.